The van der Waals surface area contributed by atoms with Crippen molar-refractivity contribution >= 4 is 17.2 Å². The van der Waals surface area contributed by atoms with Gasteiger partial charge in [-0.15, -0.1) is 11.3 Å². The van der Waals surface area contributed by atoms with E-state index >= 15 is 0 Å². The van der Waals surface area contributed by atoms with Crippen molar-refractivity contribution in [3.8, 4) is 0 Å². The zero-order valence-corrected chi connectivity index (χ0v) is 12.1. The molecule has 0 radical (unpaired) electrons. The third-order valence-corrected chi connectivity index (χ3v) is 6.00. The predicted octanol–water partition coefficient (Wildman–Crippen LogP) is 2.90. The van der Waals surface area contributed by atoms with Crippen LogP contribution in [0.15, 0.2) is 17.5 Å². The van der Waals surface area contributed by atoms with Crippen LogP contribution in [0.1, 0.15) is 50.1 Å². The van der Waals surface area contributed by atoms with E-state index < -0.39 is 0 Å². The molecule has 1 saturated heterocycles. The van der Waals surface area contributed by atoms with E-state index in [9.17, 15) is 4.79 Å². The molecule has 2 saturated carbocycles. The third-order valence-electron chi connectivity index (χ3n) is 5.07. The molecule has 102 valence electrons. The Morgan fingerprint density at radius 2 is 2.26 bits per heavy atom. The Kier molecular flexibility index (Phi) is 2.55. The standard InChI is InChI=1S/C15H20N2OS/c1-10-4-2-5-11(10)17-13(12-6-3-9-19-12)16-15(7-8-15)14(17)18/h3,6,9-11,13,16H,2,4-5,7-8H2,1H3. The molecule has 1 N–H and O–H groups in total. The molecule has 0 bridgehead atoms. The van der Waals surface area contributed by atoms with Gasteiger partial charge in [0.25, 0.3) is 0 Å². The van der Waals surface area contributed by atoms with E-state index in [0.29, 0.717) is 17.9 Å². The molecule has 1 aromatic heterocycles. The third kappa shape index (κ3) is 1.69. The first-order chi connectivity index (χ1) is 9.21. The van der Waals surface area contributed by atoms with Crippen molar-refractivity contribution < 1.29 is 4.79 Å². The molecule has 1 spiro atoms. The Labute approximate surface area is 118 Å². The number of nitrogens with zero attached hydrogens (tertiary/aromatic N) is 1. The van der Waals surface area contributed by atoms with Crippen LogP contribution in [-0.4, -0.2) is 22.4 Å². The van der Waals surface area contributed by atoms with Gasteiger partial charge in [0, 0.05) is 10.9 Å². The highest BCUT2D eigenvalue weighted by Crippen LogP contribution is 2.49. The number of thiophene rings is 1. The van der Waals surface area contributed by atoms with Gasteiger partial charge in [0.1, 0.15) is 11.7 Å². The number of hydrogen-bond acceptors (Lipinski definition) is 3. The maximum Gasteiger partial charge on any atom is 0.244 e. The molecule has 0 aromatic carbocycles. The van der Waals surface area contributed by atoms with Gasteiger partial charge < -0.3 is 4.90 Å². The molecule has 3 nitrogen and oxygen atoms in total. The number of hydrogen-bond donors (Lipinski definition) is 1. The van der Waals surface area contributed by atoms with Gasteiger partial charge in [-0.1, -0.05) is 19.4 Å². The Bertz CT molecular complexity index is 494. The molecule has 3 fully saturated rings. The van der Waals surface area contributed by atoms with E-state index in [1.165, 1.54) is 24.1 Å². The molecular weight excluding hydrogens is 256 g/mol. The zero-order valence-electron chi connectivity index (χ0n) is 11.3. The van der Waals surface area contributed by atoms with Gasteiger partial charge in [0.05, 0.1) is 0 Å². The van der Waals surface area contributed by atoms with Crippen LogP contribution in [0, 0.1) is 5.92 Å². The van der Waals surface area contributed by atoms with E-state index in [0.717, 1.165) is 12.8 Å². The number of carbonyl (C=O) groups excluding carboxylic acids is 1. The Morgan fingerprint density at radius 1 is 1.42 bits per heavy atom. The normalized spacial score (nSPS) is 36.4. The minimum absolute atomic E-state index is 0.126. The van der Waals surface area contributed by atoms with E-state index in [-0.39, 0.29) is 11.7 Å². The van der Waals surface area contributed by atoms with Crippen LogP contribution in [0.2, 0.25) is 0 Å². The van der Waals surface area contributed by atoms with Crippen LogP contribution in [0.25, 0.3) is 0 Å². The SMILES string of the molecule is CC1CCCC1N1C(=O)C2(CC2)NC1c1cccs1. The fraction of sp³-hybridized carbons (Fsp3) is 0.667. The number of nitrogens with one attached hydrogen (secondary N) is 1. The summed E-state index contributed by atoms with van der Waals surface area (Å²) >= 11 is 1.76. The molecule has 1 aliphatic heterocycles. The Balaban J connectivity index is 1.70. The highest BCUT2D eigenvalue weighted by Gasteiger charge is 2.61. The summed E-state index contributed by atoms with van der Waals surface area (Å²) in [5, 5.41) is 5.73. The van der Waals surface area contributed by atoms with E-state index in [1.54, 1.807) is 11.3 Å². The van der Waals surface area contributed by atoms with Crippen LogP contribution in [-0.2, 0) is 4.79 Å². The predicted molar refractivity (Wildman–Crippen MR) is 75.8 cm³/mol. The van der Waals surface area contributed by atoms with Gasteiger partial charge in [-0.3, -0.25) is 10.1 Å². The smallest absolute Gasteiger partial charge is 0.244 e. The first kappa shape index (κ1) is 11.9. The largest absolute Gasteiger partial charge is 0.317 e. The van der Waals surface area contributed by atoms with Crippen molar-refractivity contribution in [3.63, 3.8) is 0 Å². The second-order valence-corrected chi connectivity index (χ2v) is 7.31. The van der Waals surface area contributed by atoms with Gasteiger partial charge in [0.2, 0.25) is 5.91 Å². The molecule has 2 aliphatic carbocycles. The maximum atomic E-state index is 12.8. The summed E-state index contributed by atoms with van der Waals surface area (Å²) in [7, 11) is 0. The van der Waals surface area contributed by atoms with Gasteiger partial charge in [0.15, 0.2) is 0 Å². The molecule has 4 heteroatoms. The van der Waals surface area contributed by atoms with Gasteiger partial charge >= 0.3 is 0 Å². The number of carbonyl (C=O) groups is 1. The van der Waals surface area contributed by atoms with Gasteiger partial charge in [-0.2, -0.15) is 0 Å². The number of rotatable bonds is 2. The van der Waals surface area contributed by atoms with Crippen LogP contribution in [0.4, 0.5) is 0 Å². The summed E-state index contributed by atoms with van der Waals surface area (Å²) in [4.78, 5) is 16.3. The topological polar surface area (TPSA) is 32.3 Å². The minimum atomic E-state index is -0.197. The highest BCUT2D eigenvalue weighted by molar-refractivity contribution is 7.10. The lowest BCUT2D eigenvalue weighted by Gasteiger charge is -2.32. The van der Waals surface area contributed by atoms with Gasteiger partial charge in [-0.05, 0) is 43.0 Å². The summed E-state index contributed by atoms with van der Waals surface area (Å²) in [6, 6.07) is 4.68. The molecule has 19 heavy (non-hydrogen) atoms. The zero-order chi connectivity index (χ0) is 13.0. The van der Waals surface area contributed by atoms with Crippen molar-refractivity contribution in [1.82, 2.24) is 10.2 Å². The summed E-state index contributed by atoms with van der Waals surface area (Å²) in [5.41, 5.74) is -0.197. The second-order valence-electron chi connectivity index (χ2n) is 6.33. The molecule has 1 aromatic rings. The van der Waals surface area contributed by atoms with E-state index in [4.69, 9.17) is 0 Å². The first-order valence-corrected chi connectivity index (χ1v) is 8.23. The Morgan fingerprint density at radius 3 is 2.84 bits per heavy atom. The summed E-state index contributed by atoms with van der Waals surface area (Å²) in [6.07, 6.45) is 5.86. The monoisotopic (exact) mass is 276 g/mol. The molecule has 3 atom stereocenters. The molecule has 3 aliphatic rings. The van der Waals surface area contributed by atoms with Crippen LogP contribution in [0.5, 0.6) is 0 Å². The summed E-state index contributed by atoms with van der Waals surface area (Å²) in [6.45, 7) is 2.30. The molecule has 1 amide bonds. The van der Waals surface area contributed by atoms with Crippen molar-refractivity contribution in [3.05, 3.63) is 22.4 Å². The average molecular weight is 276 g/mol. The van der Waals surface area contributed by atoms with E-state index in [2.05, 4.69) is 34.7 Å². The van der Waals surface area contributed by atoms with Crippen molar-refractivity contribution in [2.45, 2.75) is 56.8 Å². The number of amides is 1. The lowest BCUT2D eigenvalue weighted by molar-refractivity contribution is -0.133. The molecule has 3 unspecified atom stereocenters. The summed E-state index contributed by atoms with van der Waals surface area (Å²) < 4.78 is 0. The van der Waals surface area contributed by atoms with Crippen LogP contribution in [0.3, 0.4) is 0 Å². The van der Waals surface area contributed by atoms with E-state index in [1.807, 2.05) is 0 Å². The minimum Gasteiger partial charge on any atom is -0.317 e. The fourth-order valence-corrected chi connectivity index (χ4v) is 4.55. The van der Waals surface area contributed by atoms with Gasteiger partial charge in [-0.25, -0.2) is 0 Å². The fourth-order valence-electron chi connectivity index (χ4n) is 3.78. The summed E-state index contributed by atoms with van der Waals surface area (Å²) in [5.74, 6) is 1.01. The Hall–Kier alpha value is -0.870. The molecule has 2 heterocycles. The van der Waals surface area contributed by atoms with Crippen molar-refractivity contribution in [2.75, 3.05) is 0 Å². The highest BCUT2D eigenvalue weighted by atomic mass is 32.1. The van der Waals surface area contributed by atoms with Crippen molar-refractivity contribution in [1.29, 1.82) is 0 Å². The molecule has 4 rings (SSSR count). The van der Waals surface area contributed by atoms with Crippen LogP contribution < -0.4 is 5.32 Å². The van der Waals surface area contributed by atoms with Crippen molar-refractivity contribution in [2.24, 2.45) is 5.92 Å². The average Bonchev–Trinajstić information content (AvgIpc) is 2.78. The quantitative estimate of drug-likeness (QED) is 0.901. The first-order valence-electron chi connectivity index (χ1n) is 7.35. The lowest BCUT2D eigenvalue weighted by atomic mass is 10.0. The molecular formula is C15H20N2OS. The second kappa shape index (κ2) is 4.06. The van der Waals surface area contributed by atoms with Crippen LogP contribution >= 0.6 is 11.3 Å². The lowest BCUT2D eigenvalue weighted by Crippen LogP contribution is -2.41. The maximum absolute atomic E-state index is 12.8.